The molecule has 1 aromatic heterocycles. The van der Waals surface area contributed by atoms with Crippen molar-refractivity contribution < 1.29 is 9.42 Å². The first kappa shape index (κ1) is 19.0. The first-order chi connectivity index (χ1) is 13.0. The van der Waals surface area contributed by atoms with E-state index in [1.165, 1.54) is 5.56 Å². The number of nitrogens with zero attached hydrogens (tertiary/aromatic N) is 4. The molecular formula is C19H26N6O2. The maximum atomic E-state index is 12.6. The van der Waals surface area contributed by atoms with Gasteiger partial charge in [0.1, 0.15) is 0 Å². The Bertz CT molecular complexity index is 844. The molecule has 3 rings (SSSR count). The van der Waals surface area contributed by atoms with Crippen molar-refractivity contribution >= 4 is 23.2 Å². The molecule has 1 unspecified atom stereocenters. The van der Waals surface area contributed by atoms with Gasteiger partial charge in [-0.2, -0.15) is 0 Å². The molecule has 0 saturated carbocycles. The largest absolute Gasteiger partial charge is 0.382 e. The van der Waals surface area contributed by atoms with Crippen molar-refractivity contribution in [3.8, 4) is 0 Å². The third-order valence-corrected chi connectivity index (χ3v) is 5.04. The zero-order valence-electron chi connectivity index (χ0n) is 16.0. The number of hydrogen-bond acceptors (Lipinski definition) is 6. The number of carbonyl (C=O) groups excluding carboxylic acids is 1. The van der Waals surface area contributed by atoms with E-state index >= 15 is 0 Å². The monoisotopic (exact) mass is 370 g/mol. The van der Waals surface area contributed by atoms with Crippen molar-refractivity contribution in [1.82, 2.24) is 15.2 Å². The number of aliphatic imine (C=N–C) groups is 1. The maximum absolute atomic E-state index is 12.6. The van der Waals surface area contributed by atoms with Crippen molar-refractivity contribution in [3.63, 3.8) is 0 Å². The zero-order valence-corrected chi connectivity index (χ0v) is 16.0. The summed E-state index contributed by atoms with van der Waals surface area (Å²) in [6.45, 7) is 8.87. The van der Waals surface area contributed by atoms with Crippen LogP contribution in [0.25, 0.3) is 0 Å². The predicted molar refractivity (Wildman–Crippen MR) is 104 cm³/mol. The van der Waals surface area contributed by atoms with Gasteiger partial charge in [-0.05, 0) is 73.4 Å². The molecule has 1 aromatic carbocycles. The molecule has 0 aliphatic carbocycles. The van der Waals surface area contributed by atoms with Gasteiger partial charge >= 0.3 is 0 Å². The Balaban J connectivity index is 1.74. The first-order valence-electron chi connectivity index (χ1n) is 9.25. The van der Waals surface area contributed by atoms with E-state index < -0.39 is 0 Å². The SMILES string of the molecule is CCN1CCCC(C(=O)Nc2nonc2C(N)=Nc2ccc(C)c(C)c2)C1. The van der Waals surface area contributed by atoms with Gasteiger partial charge in [-0.1, -0.05) is 13.0 Å². The molecule has 0 spiro atoms. The van der Waals surface area contributed by atoms with E-state index in [2.05, 4.69) is 32.4 Å². The van der Waals surface area contributed by atoms with Crippen LogP contribution in [0.5, 0.6) is 0 Å². The van der Waals surface area contributed by atoms with Crippen LogP contribution in [-0.4, -0.2) is 46.6 Å². The lowest BCUT2D eigenvalue weighted by Gasteiger charge is -2.30. The van der Waals surface area contributed by atoms with Crippen LogP contribution in [0.1, 0.15) is 36.6 Å². The van der Waals surface area contributed by atoms with Crippen LogP contribution in [0.4, 0.5) is 11.5 Å². The van der Waals surface area contributed by atoms with Crippen LogP contribution in [0.3, 0.4) is 0 Å². The molecule has 27 heavy (non-hydrogen) atoms. The van der Waals surface area contributed by atoms with E-state index in [0.717, 1.165) is 38.0 Å². The Labute approximate surface area is 158 Å². The Kier molecular flexibility index (Phi) is 5.85. The number of piperidine rings is 1. The molecule has 1 saturated heterocycles. The number of amidine groups is 1. The fourth-order valence-electron chi connectivity index (χ4n) is 3.20. The first-order valence-corrected chi connectivity index (χ1v) is 9.25. The average Bonchev–Trinajstić information content (AvgIpc) is 3.13. The molecular weight excluding hydrogens is 344 g/mol. The second-order valence-corrected chi connectivity index (χ2v) is 6.95. The Morgan fingerprint density at radius 2 is 2.19 bits per heavy atom. The fraction of sp³-hybridized carbons (Fsp3) is 0.474. The number of rotatable bonds is 5. The molecule has 144 valence electrons. The topological polar surface area (TPSA) is 110 Å². The minimum absolute atomic E-state index is 0.0823. The number of aryl methyl sites for hydroxylation is 2. The van der Waals surface area contributed by atoms with Crippen LogP contribution in [0.2, 0.25) is 0 Å². The number of aromatic nitrogens is 2. The second kappa shape index (κ2) is 8.30. The molecule has 1 atom stereocenters. The minimum Gasteiger partial charge on any atom is -0.382 e. The zero-order chi connectivity index (χ0) is 19.4. The molecule has 2 aromatic rings. The molecule has 1 amide bonds. The van der Waals surface area contributed by atoms with Gasteiger partial charge in [0.05, 0.1) is 11.6 Å². The van der Waals surface area contributed by atoms with Crippen molar-refractivity contribution in [1.29, 1.82) is 0 Å². The Hall–Kier alpha value is -2.74. The predicted octanol–water partition coefficient (Wildman–Crippen LogP) is 2.39. The minimum atomic E-state index is -0.0934. The molecule has 0 bridgehead atoms. The smallest absolute Gasteiger partial charge is 0.230 e. The molecule has 8 heteroatoms. The quantitative estimate of drug-likeness (QED) is 0.618. The fourth-order valence-corrected chi connectivity index (χ4v) is 3.20. The van der Waals surface area contributed by atoms with Gasteiger partial charge in [-0.3, -0.25) is 4.79 Å². The maximum Gasteiger partial charge on any atom is 0.230 e. The highest BCUT2D eigenvalue weighted by atomic mass is 16.6. The van der Waals surface area contributed by atoms with E-state index in [4.69, 9.17) is 10.4 Å². The number of nitrogens with two attached hydrogens (primary N) is 1. The summed E-state index contributed by atoms with van der Waals surface area (Å²) < 4.78 is 4.79. The van der Waals surface area contributed by atoms with E-state index in [9.17, 15) is 4.79 Å². The summed E-state index contributed by atoms with van der Waals surface area (Å²) in [6.07, 6.45) is 1.86. The van der Waals surface area contributed by atoms with E-state index in [-0.39, 0.29) is 29.2 Å². The van der Waals surface area contributed by atoms with Crippen LogP contribution < -0.4 is 11.1 Å². The Morgan fingerprint density at radius 3 is 2.93 bits per heavy atom. The molecule has 1 fully saturated rings. The van der Waals surface area contributed by atoms with Crippen molar-refractivity contribution in [2.24, 2.45) is 16.6 Å². The standard InChI is InChI=1S/C19H26N6O2/c1-4-25-9-5-6-14(11-25)19(26)22-18-16(23-27-24-18)17(20)21-15-8-7-12(2)13(3)10-15/h7-8,10,14H,4-6,9,11H2,1-3H3,(H2,20,21)(H,22,24,26). The Morgan fingerprint density at radius 1 is 1.37 bits per heavy atom. The van der Waals surface area contributed by atoms with Gasteiger partial charge in [0.2, 0.25) is 11.7 Å². The summed E-state index contributed by atoms with van der Waals surface area (Å²) in [5, 5.41) is 10.4. The van der Waals surface area contributed by atoms with Crippen molar-refractivity contribution in [3.05, 3.63) is 35.0 Å². The average molecular weight is 370 g/mol. The number of nitrogens with one attached hydrogen (secondary N) is 1. The third-order valence-electron chi connectivity index (χ3n) is 5.04. The summed E-state index contributed by atoms with van der Waals surface area (Å²) >= 11 is 0. The molecule has 1 aliphatic rings. The number of hydrogen-bond donors (Lipinski definition) is 2. The third kappa shape index (κ3) is 4.51. The highest BCUT2D eigenvalue weighted by molar-refractivity contribution is 6.04. The van der Waals surface area contributed by atoms with Crippen LogP contribution in [0, 0.1) is 19.8 Å². The summed E-state index contributed by atoms with van der Waals surface area (Å²) in [6, 6.07) is 5.80. The van der Waals surface area contributed by atoms with Gasteiger partial charge in [0.25, 0.3) is 0 Å². The second-order valence-electron chi connectivity index (χ2n) is 6.95. The molecule has 1 aliphatic heterocycles. The number of anilines is 1. The highest BCUT2D eigenvalue weighted by Crippen LogP contribution is 2.21. The van der Waals surface area contributed by atoms with Gasteiger partial charge in [0, 0.05) is 6.54 Å². The lowest BCUT2D eigenvalue weighted by atomic mass is 9.97. The van der Waals surface area contributed by atoms with E-state index in [0.29, 0.717) is 5.69 Å². The molecule has 3 N–H and O–H groups in total. The lowest BCUT2D eigenvalue weighted by Crippen LogP contribution is -2.40. The molecule has 2 heterocycles. The van der Waals surface area contributed by atoms with Gasteiger partial charge in [-0.15, -0.1) is 0 Å². The van der Waals surface area contributed by atoms with Crippen molar-refractivity contribution in [2.75, 3.05) is 25.0 Å². The number of benzene rings is 1. The van der Waals surface area contributed by atoms with Crippen LogP contribution >= 0.6 is 0 Å². The van der Waals surface area contributed by atoms with E-state index in [1.54, 1.807) is 0 Å². The number of likely N-dealkylation sites (tertiary alicyclic amines) is 1. The van der Waals surface area contributed by atoms with Gasteiger partial charge < -0.3 is 16.0 Å². The molecule has 8 nitrogen and oxygen atoms in total. The number of carbonyl (C=O) groups is 1. The lowest BCUT2D eigenvalue weighted by molar-refractivity contribution is -0.121. The summed E-state index contributed by atoms with van der Waals surface area (Å²) in [5.41, 5.74) is 9.33. The normalized spacial score (nSPS) is 18.5. The van der Waals surface area contributed by atoms with Crippen LogP contribution in [-0.2, 0) is 4.79 Å². The van der Waals surface area contributed by atoms with Crippen LogP contribution in [0.15, 0.2) is 27.8 Å². The molecule has 0 radical (unpaired) electrons. The van der Waals surface area contributed by atoms with Crippen molar-refractivity contribution in [2.45, 2.75) is 33.6 Å². The summed E-state index contributed by atoms with van der Waals surface area (Å²) in [5.74, 6) is 0.178. The van der Waals surface area contributed by atoms with E-state index in [1.807, 2.05) is 32.0 Å². The summed E-state index contributed by atoms with van der Waals surface area (Å²) in [4.78, 5) is 19.3. The van der Waals surface area contributed by atoms with Gasteiger partial charge in [0.15, 0.2) is 11.5 Å². The highest BCUT2D eigenvalue weighted by Gasteiger charge is 2.27. The number of amides is 1. The summed E-state index contributed by atoms with van der Waals surface area (Å²) in [7, 11) is 0. The van der Waals surface area contributed by atoms with Gasteiger partial charge in [-0.25, -0.2) is 9.62 Å².